The zero-order valence-corrected chi connectivity index (χ0v) is 24.8. The first-order valence-corrected chi connectivity index (χ1v) is 15.9. The van der Waals surface area contributed by atoms with Crippen LogP contribution in [0.1, 0.15) is 22.8 Å². The molecule has 0 atom stereocenters. The molecule has 1 aliphatic rings. The highest BCUT2D eigenvalue weighted by atomic mass is 32.2. The van der Waals surface area contributed by atoms with Crippen LogP contribution in [0.15, 0.2) is 77.7 Å². The van der Waals surface area contributed by atoms with Crippen LogP contribution in [-0.4, -0.2) is 79.3 Å². The van der Waals surface area contributed by atoms with E-state index in [1.807, 2.05) is 30.3 Å². The van der Waals surface area contributed by atoms with Crippen molar-refractivity contribution in [1.29, 1.82) is 0 Å². The second-order valence-corrected chi connectivity index (χ2v) is 12.9. The second-order valence-electron chi connectivity index (χ2n) is 9.93. The van der Waals surface area contributed by atoms with Crippen molar-refractivity contribution in [2.24, 2.45) is 0 Å². The van der Waals surface area contributed by atoms with Gasteiger partial charge in [0.25, 0.3) is 11.6 Å². The van der Waals surface area contributed by atoms with E-state index in [4.69, 9.17) is 0 Å². The number of thiazole rings is 1. The fourth-order valence-electron chi connectivity index (χ4n) is 4.82. The molecule has 220 valence electrons. The van der Waals surface area contributed by atoms with Crippen LogP contribution in [-0.2, 0) is 16.6 Å². The van der Waals surface area contributed by atoms with E-state index in [1.54, 1.807) is 31.2 Å². The summed E-state index contributed by atoms with van der Waals surface area (Å²) in [7, 11) is -3.70. The predicted octanol–water partition coefficient (Wildman–Crippen LogP) is 3.97. The van der Waals surface area contributed by atoms with Crippen LogP contribution in [0.4, 0.5) is 10.8 Å². The summed E-state index contributed by atoms with van der Waals surface area (Å²) in [6.07, 6.45) is 0. The number of carbonyl (C=O) groups is 1. The van der Waals surface area contributed by atoms with E-state index in [2.05, 4.69) is 20.1 Å². The molecule has 11 nitrogen and oxygen atoms in total. The number of benzene rings is 3. The molecule has 1 aliphatic heterocycles. The number of anilines is 1. The topological polar surface area (TPSA) is 129 Å². The van der Waals surface area contributed by atoms with Gasteiger partial charge in [-0.2, -0.15) is 4.31 Å². The van der Waals surface area contributed by atoms with Gasteiger partial charge in [0.15, 0.2) is 5.13 Å². The molecule has 0 saturated carbocycles. The van der Waals surface area contributed by atoms with Crippen molar-refractivity contribution < 1.29 is 18.1 Å². The lowest BCUT2D eigenvalue weighted by Crippen LogP contribution is -2.48. The Labute approximate surface area is 248 Å². The number of nitro groups is 1. The first-order chi connectivity index (χ1) is 20.2. The van der Waals surface area contributed by atoms with Crippen LogP contribution in [0, 0.1) is 10.1 Å². The molecule has 5 rings (SSSR count). The molecule has 13 heteroatoms. The minimum atomic E-state index is -3.70. The Morgan fingerprint density at radius 3 is 2.43 bits per heavy atom. The quantitative estimate of drug-likeness (QED) is 0.200. The highest BCUT2D eigenvalue weighted by Crippen LogP contribution is 2.31. The largest absolute Gasteiger partial charge is 0.351 e. The number of non-ortho nitro benzene ring substituents is 1. The van der Waals surface area contributed by atoms with E-state index in [1.165, 1.54) is 33.8 Å². The third-order valence-electron chi connectivity index (χ3n) is 7.24. The number of hydrogen-bond acceptors (Lipinski definition) is 9. The van der Waals surface area contributed by atoms with E-state index in [9.17, 15) is 23.3 Å². The predicted molar refractivity (Wildman–Crippen MR) is 163 cm³/mol. The summed E-state index contributed by atoms with van der Waals surface area (Å²) in [5, 5.41) is 14.8. The molecule has 3 aromatic carbocycles. The number of fused-ring (bicyclic) bond motifs is 1. The van der Waals surface area contributed by atoms with E-state index in [0.29, 0.717) is 25.2 Å². The molecule has 1 saturated heterocycles. The fraction of sp³-hybridized carbons (Fsp3) is 0.310. The maximum atomic E-state index is 13.2. The van der Waals surface area contributed by atoms with Gasteiger partial charge in [-0.3, -0.25) is 19.8 Å². The average molecular weight is 609 g/mol. The van der Waals surface area contributed by atoms with Gasteiger partial charge in [-0.05, 0) is 35.9 Å². The third kappa shape index (κ3) is 6.76. The Bertz CT molecular complexity index is 1650. The maximum absolute atomic E-state index is 13.2. The minimum Gasteiger partial charge on any atom is -0.351 e. The molecule has 1 amide bonds. The number of carbonyl (C=O) groups excluding carboxylic acids is 1. The van der Waals surface area contributed by atoms with Gasteiger partial charge in [0.05, 0.1) is 20.0 Å². The van der Waals surface area contributed by atoms with Gasteiger partial charge < -0.3 is 10.2 Å². The molecule has 0 radical (unpaired) electrons. The summed E-state index contributed by atoms with van der Waals surface area (Å²) in [6, 6.07) is 20.2. The number of piperazine rings is 1. The normalized spacial score (nSPS) is 14.4. The highest BCUT2D eigenvalue weighted by Gasteiger charge is 2.24. The monoisotopic (exact) mass is 608 g/mol. The van der Waals surface area contributed by atoms with Gasteiger partial charge in [-0.15, -0.1) is 0 Å². The molecule has 0 bridgehead atoms. The number of hydrogen-bond donors (Lipinski definition) is 1. The summed E-state index contributed by atoms with van der Waals surface area (Å²) in [5.74, 6) is -0.252. The van der Waals surface area contributed by atoms with E-state index < -0.39 is 14.9 Å². The van der Waals surface area contributed by atoms with Gasteiger partial charge in [-0.1, -0.05) is 48.6 Å². The van der Waals surface area contributed by atoms with Crippen molar-refractivity contribution in [2.75, 3.05) is 50.7 Å². The number of amides is 1. The number of nitro benzene ring substituents is 1. The van der Waals surface area contributed by atoms with Gasteiger partial charge in [-0.25, -0.2) is 13.4 Å². The standard InChI is InChI=1S/C29H32N6O5S2/c1-2-34(21-22-6-4-3-5-7-22)42(39,40)25-11-8-23(9-12-25)28(36)30-14-15-32-16-18-33(19-17-32)29-31-26-13-10-24(35(37)38)20-27(26)41-29/h3-13,20H,2,14-19,21H2,1H3,(H,30,36). The van der Waals surface area contributed by atoms with Gasteiger partial charge in [0.2, 0.25) is 10.0 Å². The Balaban J connectivity index is 1.09. The zero-order valence-electron chi connectivity index (χ0n) is 23.2. The highest BCUT2D eigenvalue weighted by molar-refractivity contribution is 7.89. The molecule has 1 aromatic heterocycles. The average Bonchev–Trinajstić information content (AvgIpc) is 3.44. The SMILES string of the molecule is CCN(Cc1ccccc1)S(=O)(=O)c1ccc(C(=O)NCCN2CCN(c3nc4ccc([N+](=O)[O-])cc4s3)CC2)cc1. The molecular weight excluding hydrogens is 576 g/mol. The van der Waals surface area contributed by atoms with Crippen molar-refractivity contribution in [3.8, 4) is 0 Å². The number of rotatable bonds is 11. The molecule has 2 heterocycles. The van der Waals surface area contributed by atoms with Crippen molar-refractivity contribution in [3.05, 3.63) is 94.0 Å². The van der Waals surface area contributed by atoms with E-state index in [0.717, 1.165) is 47.1 Å². The smallest absolute Gasteiger partial charge is 0.270 e. The number of aromatic nitrogens is 1. The first-order valence-electron chi connectivity index (χ1n) is 13.7. The van der Waals surface area contributed by atoms with Crippen molar-refractivity contribution in [1.82, 2.24) is 19.5 Å². The molecular formula is C29H32N6O5S2. The van der Waals surface area contributed by atoms with Crippen LogP contribution in [0.3, 0.4) is 0 Å². The van der Waals surface area contributed by atoms with Crippen molar-refractivity contribution in [2.45, 2.75) is 18.4 Å². The van der Waals surface area contributed by atoms with Crippen LogP contribution in [0.5, 0.6) is 0 Å². The second kappa shape index (κ2) is 12.9. The third-order valence-corrected chi connectivity index (χ3v) is 10.3. The Morgan fingerprint density at radius 1 is 1.05 bits per heavy atom. The number of sulfonamides is 1. The number of nitrogens with zero attached hydrogens (tertiary/aromatic N) is 5. The van der Waals surface area contributed by atoms with E-state index >= 15 is 0 Å². The molecule has 1 fully saturated rings. The van der Waals surface area contributed by atoms with Crippen LogP contribution in [0.25, 0.3) is 10.2 Å². The number of nitrogens with one attached hydrogen (secondary N) is 1. The Morgan fingerprint density at radius 2 is 1.76 bits per heavy atom. The van der Waals surface area contributed by atoms with E-state index in [-0.39, 0.29) is 23.0 Å². The Hall–Kier alpha value is -3.91. The lowest BCUT2D eigenvalue weighted by atomic mass is 10.2. The minimum absolute atomic E-state index is 0.0625. The van der Waals surface area contributed by atoms with Crippen LogP contribution in [0.2, 0.25) is 0 Å². The fourth-order valence-corrected chi connectivity index (χ4v) is 7.31. The van der Waals surface area contributed by atoms with Crippen molar-refractivity contribution >= 4 is 48.3 Å². The molecule has 0 aliphatic carbocycles. The van der Waals surface area contributed by atoms with Crippen molar-refractivity contribution in [3.63, 3.8) is 0 Å². The van der Waals surface area contributed by atoms with Gasteiger partial charge in [0, 0.05) is 70.1 Å². The van der Waals surface area contributed by atoms with Gasteiger partial charge in [0.1, 0.15) is 0 Å². The summed E-state index contributed by atoms with van der Waals surface area (Å²) in [5.41, 5.74) is 2.13. The first kappa shape index (κ1) is 29.6. The van der Waals surface area contributed by atoms with Crippen LogP contribution >= 0.6 is 11.3 Å². The zero-order chi connectivity index (χ0) is 29.7. The molecule has 0 unspecified atom stereocenters. The van der Waals surface area contributed by atoms with Crippen LogP contribution < -0.4 is 10.2 Å². The van der Waals surface area contributed by atoms with Gasteiger partial charge >= 0.3 is 0 Å². The molecule has 1 N–H and O–H groups in total. The maximum Gasteiger partial charge on any atom is 0.270 e. The summed E-state index contributed by atoms with van der Waals surface area (Å²) in [4.78, 5) is 32.6. The summed E-state index contributed by atoms with van der Waals surface area (Å²) in [6.45, 7) is 6.70. The molecule has 42 heavy (non-hydrogen) atoms. The summed E-state index contributed by atoms with van der Waals surface area (Å²) < 4.78 is 28.6. The lowest BCUT2D eigenvalue weighted by Gasteiger charge is -2.34. The summed E-state index contributed by atoms with van der Waals surface area (Å²) >= 11 is 1.46. The molecule has 4 aromatic rings. The Kier molecular flexibility index (Phi) is 9.12. The lowest BCUT2D eigenvalue weighted by molar-refractivity contribution is -0.384. The molecule has 0 spiro atoms.